The maximum Gasteiger partial charge on any atom is 0.323 e. The lowest BCUT2D eigenvalue weighted by molar-refractivity contribution is 0.122. The molecule has 0 bridgehead atoms. The number of urea groups is 1. The normalized spacial score (nSPS) is 13.6. The Balaban J connectivity index is 1.21. The van der Waals surface area contributed by atoms with Crippen molar-refractivity contribution in [2.45, 2.75) is 0 Å². The molecule has 1 saturated heterocycles. The van der Waals surface area contributed by atoms with E-state index in [0.717, 1.165) is 66.0 Å². The molecule has 2 amide bonds. The number of rotatable bonds is 5. The molecule has 3 aromatic heterocycles. The zero-order valence-electron chi connectivity index (χ0n) is 19.5. The minimum absolute atomic E-state index is 0.325. The maximum atomic E-state index is 12.7. The number of carbonyl (C=O) groups is 1. The highest BCUT2D eigenvalue weighted by Crippen LogP contribution is 2.30. The van der Waals surface area contributed by atoms with Crippen LogP contribution in [0.5, 0.6) is 0 Å². The molecule has 0 spiro atoms. The minimum atomic E-state index is -0.325. The summed E-state index contributed by atoms with van der Waals surface area (Å²) in [5.74, 6) is 0. The molecule has 9 nitrogen and oxygen atoms in total. The van der Waals surface area contributed by atoms with Gasteiger partial charge in [-0.1, -0.05) is 0 Å². The monoisotopic (exact) mass is 479 g/mol. The number of carbonyl (C=O) groups excluding carboxylic acids is 1. The number of aromatic amines is 2. The minimum Gasteiger partial charge on any atom is -0.378 e. The summed E-state index contributed by atoms with van der Waals surface area (Å²) in [6.45, 7) is 3.21. The third kappa shape index (κ3) is 4.51. The van der Waals surface area contributed by atoms with Crippen LogP contribution in [0.3, 0.4) is 0 Å². The summed E-state index contributed by atoms with van der Waals surface area (Å²) in [6.07, 6.45) is 3.72. The van der Waals surface area contributed by atoms with Gasteiger partial charge in [-0.15, -0.1) is 0 Å². The van der Waals surface area contributed by atoms with Crippen LogP contribution in [0.15, 0.2) is 79.1 Å². The number of nitrogens with zero attached hydrogens (tertiary/aromatic N) is 3. The van der Waals surface area contributed by atoms with E-state index >= 15 is 0 Å². The molecule has 9 heteroatoms. The number of morpholine rings is 1. The standard InChI is InChI=1S/C27H25N7O2/c35-27(30-18-5-8-20(9-6-18)34-13-15-36-16-14-34)31-19-7-10-21-24(17-19)33-26(23-4-2-12-29-23)25(32-21)22-3-1-11-28-22/h1-12,17,28-29H,13-16H2,(H2,30,31,35). The van der Waals surface area contributed by atoms with Gasteiger partial charge in [0.25, 0.3) is 0 Å². The largest absolute Gasteiger partial charge is 0.378 e. The molecule has 0 aliphatic carbocycles. The van der Waals surface area contributed by atoms with Crippen LogP contribution in [0.1, 0.15) is 0 Å². The zero-order valence-corrected chi connectivity index (χ0v) is 19.5. The molecule has 1 aliphatic rings. The lowest BCUT2D eigenvalue weighted by Gasteiger charge is -2.28. The second-order valence-corrected chi connectivity index (χ2v) is 8.52. The fraction of sp³-hybridized carbons (Fsp3) is 0.148. The van der Waals surface area contributed by atoms with Gasteiger partial charge < -0.3 is 30.2 Å². The Morgan fingerprint density at radius 3 is 2.03 bits per heavy atom. The van der Waals surface area contributed by atoms with Gasteiger partial charge >= 0.3 is 6.03 Å². The lowest BCUT2D eigenvalue weighted by atomic mass is 10.1. The molecule has 0 atom stereocenters. The van der Waals surface area contributed by atoms with E-state index in [2.05, 4.69) is 25.5 Å². The predicted octanol–water partition coefficient (Wildman–Crippen LogP) is 5.10. The van der Waals surface area contributed by atoms with Gasteiger partial charge in [-0.05, 0) is 66.7 Å². The summed E-state index contributed by atoms with van der Waals surface area (Å²) in [5.41, 5.74) is 7.13. The SMILES string of the molecule is O=C(Nc1ccc(N2CCOCC2)cc1)Nc1ccc2nc(-c3ccc[nH]3)c(-c3ccc[nH]3)nc2c1. The Morgan fingerprint density at radius 1 is 0.778 bits per heavy atom. The summed E-state index contributed by atoms with van der Waals surface area (Å²) >= 11 is 0. The molecule has 0 saturated carbocycles. The number of fused-ring (bicyclic) bond motifs is 1. The summed E-state index contributed by atoms with van der Waals surface area (Å²) in [6, 6.07) is 20.8. The van der Waals surface area contributed by atoms with Gasteiger partial charge in [0.15, 0.2) is 0 Å². The molecule has 4 heterocycles. The van der Waals surface area contributed by atoms with Crippen molar-refractivity contribution in [2.75, 3.05) is 41.8 Å². The van der Waals surface area contributed by atoms with Crippen LogP contribution >= 0.6 is 0 Å². The molecule has 1 aliphatic heterocycles. The Kier molecular flexibility index (Phi) is 5.80. The summed E-state index contributed by atoms with van der Waals surface area (Å²) in [5, 5.41) is 5.79. The van der Waals surface area contributed by atoms with Crippen LogP contribution < -0.4 is 15.5 Å². The molecular weight excluding hydrogens is 454 g/mol. The van der Waals surface area contributed by atoms with Crippen molar-refractivity contribution in [3.05, 3.63) is 79.1 Å². The van der Waals surface area contributed by atoms with E-state index in [1.165, 1.54) is 0 Å². The Bertz CT molecular complexity index is 1470. The van der Waals surface area contributed by atoms with Crippen LogP contribution in [0.2, 0.25) is 0 Å². The van der Waals surface area contributed by atoms with E-state index in [-0.39, 0.29) is 6.03 Å². The van der Waals surface area contributed by atoms with E-state index in [4.69, 9.17) is 14.7 Å². The number of ether oxygens (including phenoxy) is 1. The third-order valence-corrected chi connectivity index (χ3v) is 6.13. The maximum absolute atomic E-state index is 12.7. The number of aromatic nitrogens is 4. The van der Waals surface area contributed by atoms with Gasteiger partial charge in [0.2, 0.25) is 0 Å². The smallest absolute Gasteiger partial charge is 0.323 e. The van der Waals surface area contributed by atoms with Crippen LogP contribution in [-0.2, 0) is 4.74 Å². The molecule has 2 aromatic carbocycles. The van der Waals surface area contributed by atoms with Crippen molar-refractivity contribution >= 4 is 34.1 Å². The first-order valence-electron chi connectivity index (χ1n) is 11.8. The molecule has 36 heavy (non-hydrogen) atoms. The number of hydrogen-bond donors (Lipinski definition) is 4. The highest BCUT2D eigenvalue weighted by molar-refractivity contribution is 6.01. The fourth-order valence-corrected chi connectivity index (χ4v) is 4.33. The van der Waals surface area contributed by atoms with E-state index < -0.39 is 0 Å². The molecule has 0 radical (unpaired) electrons. The Hall–Kier alpha value is -4.63. The molecule has 5 aromatic rings. The second-order valence-electron chi connectivity index (χ2n) is 8.52. The van der Waals surface area contributed by atoms with Gasteiger partial charge in [-0.25, -0.2) is 14.8 Å². The van der Waals surface area contributed by atoms with E-state index in [9.17, 15) is 4.79 Å². The first-order chi connectivity index (χ1) is 17.7. The van der Waals surface area contributed by atoms with Gasteiger partial charge in [0, 0.05) is 42.5 Å². The predicted molar refractivity (Wildman–Crippen MR) is 141 cm³/mol. The van der Waals surface area contributed by atoms with Gasteiger partial charge in [-0.2, -0.15) is 0 Å². The molecule has 0 unspecified atom stereocenters. The van der Waals surface area contributed by atoms with Crippen molar-refractivity contribution in [1.82, 2.24) is 19.9 Å². The van der Waals surface area contributed by atoms with Crippen molar-refractivity contribution in [2.24, 2.45) is 0 Å². The topological polar surface area (TPSA) is 111 Å². The molecular formula is C27H25N7O2. The number of benzene rings is 2. The Labute approximate surface area is 207 Å². The molecule has 6 rings (SSSR count). The second kappa shape index (κ2) is 9.55. The third-order valence-electron chi connectivity index (χ3n) is 6.13. The van der Waals surface area contributed by atoms with E-state index in [0.29, 0.717) is 11.2 Å². The number of anilines is 3. The quantitative estimate of drug-likeness (QED) is 0.280. The van der Waals surface area contributed by atoms with Gasteiger partial charge in [0.05, 0.1) is 35.6 Å². The average Bonchev–Trinajstić information content (AvgIpc) is 3.64. The number of hydrogen-bond acceptors (Lipinski definition) is 5. The van der Waals surface area contributed by atoms with E-state index in [1.807, 2.05) is 79.1 Å². The Morgan fingerprint density at radius 2 is 1.39 bits per heavy atom. The molecule has 180 valence electrons. The van der Waals surface area contributed by atoms with Crippen molar-refractivity contribution in [3.8, 4) is 22.8 Å². The van der Waals surface area contributed by atoms with Gasteiger partial charge in [0.1, 0.15) is 11.4 Å². The van der Waals surface area contributed by atoms with Crippen LogP contribution in [-0.4, -0.2) is 52.3 Å². The first kappa shape index (κ1) is 21.9. The van der Waals surface area contributed by atoms with Crippen LogP contribution in [0.25, 0.3) is 33.8 Å². The number of nitrogens with one attached hydrogen (secondary N) is 4. The molecule has 1 fully saturated rings. The van der Waals surface area contributed by atoms with Crippen molar-refractivity contribution in [1.29, 1.82) is 0 Å². The fourth-order valence-electron chi connectivity index (χ4n) is 4.33. The average molecular weight is 480 g/mol. The van der Waals surface area contributed by atoms with Crippen molar-refractivity contribution in [3.63, 3.8) is 0 Å². The highest BCUT2D eigenvalue weighted by Gasteiger charge is 2.15. The number of H-pyrrole nitrogens is 2. The van der Waals surface area contributed by atoms with E-state index in [1.54, 1.807) is 0 Å². The summed E-state index contributed by atoms with van der Waals surface area (Å²) in [4.78, 5) is 31.1. The van der Waals surface area contributed by atoms with Crippen LogP contribution in [0, 0.1) is 0 Å². The lowest BCUT2D eigenvalue weighted by Crippen LogP contribution is -2.36. The highest BCUT2D eigenvalue weighted by atomic mass is 16.5. The summed E-state index contributed by atoms with van der Waals surface area (Å²) in [7, 11) is 0. The zero-order chi connectivity index (χ0) is 24.3. The van der Waals surface area contributed by atoms with Crippen LogP contribution in [0.4, 0.5) is 21.9 Å². The first-order valence-corrected chi connectivity index (χ1v) is 11.8. The van der Waals surface area contributed by atoms with Gasteiger partial charge in [-0.3, -0.25) is 0 Å². The molecule has 4 N–H and O–H groups in total. The van der Waals surface area contributed by atoms with Crippen molar-refractivity contribution < 1.29 is 9.53 Å². The number of amides is 2. The summed E-state index contributed by atoms with van der Waals surface area (Å²) < 4.78 is 5.41.